The van der Waals surface area contributed by atoms with Gasteiger partial charge in [0.1, 0.15) is 0 Å². The summed E-state index contributed by atoms with van der Waals surface area (Å²) in [6, 6.07) is -0.141. The third-order valence-corrected chi connectivity index (χ3v) is 3.36. The molecule has 110 valence electrons. The minimum Gasteiger partial charge on any atom is -0.481 e. The standard InChI is InChI=1S/C13H24N2O4/c1-19-9-4-2-3-7-14-13(18)15-8-5-6-11(10-15)12(16)17/h11H,2-10H2,1H3,(H,14,18)(H,16,17)/t11-/m0/s1. The maximum Gasteiger partial charge on any atom is 0.317 e. The maximum atomic E-state index is 11.9. The fourth-order valence-corrected chi connectivity index (χ4v) is 2.22. The number of nitrogens with one attached hydrogen (secondary N) is 1. The molecule has 0 aromatic rings. The summed E-state index contributed by atoms with van der Waals surface area (Å²) in [5.41, 5.74) is 0. The van der Waals surface area contributed by atoms with Crippen molar-refractivity contribution >= 4 is 12.0 Å². The van der Waals surface area contributed by atoms with Gasteiger partial charge in [-0.25, -0.2) is 4.79 Å². The minimum absolute atomic E-state index is 0.141. The van der Waals surface area contributed by atoms with Crippen molar-refractivity contribution in [3.63, 3.8) is 0 Å². The van der Waals surface area contributed by atoms with Gasteiger partial charge < -0.3 is 20.1 Å². The second kappa shape index (κ2) is 8.74. The first-order valence-corrected chi connectivity index (χ1v) is 6.89. The Morgan fingerprint density at radius 1 is 1.37 bits per heavy atom. The fraction of sp³-hybridized carbons (Fsp3) is 0.846. The zero-order chi connectivity index (χ0) is 14.1. The van der Waals surface area contributed by atoms with E-state index < -0.39 is 11.9 Å². The first kappa shape index (κ1) is 15.8. The van der Waals surface area contributed by atoms with Crippen LogP contribution in [-0.4, -0.2) is 55.4 Å². The number of aliphatic carboxylic acids is 1. The minimum atomic E-state index is -0.808. The molecule has 0 saturated carbocycles. The van der Waals surface area contributed by atoms with Crippen molar-refractivity contribution in [2.75, 3.05) is 33.4 Å². The Morgan fingerprint density at radius 3 is 2.84 bits per heavy atom. The van der Waals surface area contributed by atoms with Gasteiger partial charge in [0.2, 0.25) is 0 Å². The van der Waals surface area contributed by atoms with Crippen molar-refractivity contribution in [3.05, 3.63) is 0 Å². The molecule has 1 saturated heterocycles. The molecule has 2 amide bonds. The number of carbonyl (C=O) groups is 2. The molecule has 19 heavy (non-hydrogen) atoms. The van der Waals surface area contributed by atoms with Gasteiger partial charge >= 0.3 is 12.0 Å². The smallest absolute Gasteiger partial charge is 0.317 e. The Bertz CT molecular complexity index is 296. The highest BCUT2D eigenvalue weighted by Gasteiger charge is 2.27. The second-order valence-electron chi connectivity index (χ2n) is 4.91. The van der Waals surface area contributed by atoms with Crippen molar-refractivity contribution in [1.82, 2.24) is 10.2 Å². The lowest BCUT2D eigenvalue weighted by Gasteiger charge is -2.30. The Labute approximate surface area is 114 Å². The lowest BCUT2D eigenvalue weighted by Crippen LogP contribution is -2.47. The van der Waals surface area contributed by atoms with E-state index >= 15 is 0 Å². The van der Waals surface area contributed by atoms with Crippen LogP contribution in [0.3, 0.4) is 0 Å². The first-order valence-electron chi connectivity index (χ1n) is 6.89. The van der Waals surface area contributed by atoms with E-state index in [1.807, 2.05) is 0 Å². The summed E-state index contributed by atoms with van der Waals surface area (Å²) in [6.45, 7) is 2.36. The van der Waals surface area contributed by atoms with E-state index in [-0.39, 0.29) is 6.03 Å². The van der Waals surface area contributed by atoms with Gasteiger partial charge in [0.05, 0.1) is 5.92 Å². The number of carboxylic acids is 1. The summed E-state index contributed by atoms with van der Waals surface area (Å²) >= 11 is 0. The van der Waals surface area contributed by atoms with Crippen molar-refractivity contribution in [2.45, 2.75) is 32.1 Å². The highest BCUT2D eigenvalue weighted by atomic mass is 16.5. The lowest BCUT2D eigenvalue weighted by atomic mass is 9.99. The summed E-state index contributed by atoms with van der Waals surface area (Å²) in [6.07, 6.45) is 4.36. The highest BCUT2D eigenvalue weighted by Crippen LogP contribution is 2.16. The summed E-state index contributed by atoms with van der Waals surface area (Å²) in [7, 11) is 1.68. The Kier molecular flexibility index (Phi) is 7.25. The molecule has 6 nitrogen and oxygen atoms in total. The number of urea groups is 1. The van der Waals surface area contributed by atoms with Crippen LogP contribution in [0.5, 0.6) is 0 Å². The largest absolute Gasteiger partial charge is 0.481 e. The average molecular weight is 272 g/mol. The number of nitrogens with zero attached hydrogens (tertiary/aromatic N) is 1. The third-order valence-electron chi connectivity index (χ3n) is 3.36. The Morgan fingerprint density at radius 2 is 2.16 bits per heavy atom. The number of unbranched alkanes of at least 4 members (excludes halogenated alkanes) is 2. The van der Waals surface area contributed by atoms with Crippen LogP contribution in [0.2, 0.25) is 0 Å². The van der Waals surface area contributed by atoms with Crippen LogP contribution >= 0.6 is 0 Å². The lowest BCUT2D eigenvalue weighted by molar-refractivity contribution is -0.143. The highest BCUT2D eigenvalue weighted by molar-refractivity contribution is 5.76. The zero-order valence-corrected chi connectivity index (χ0v) is 11.6. The van der Waals surface area contributed by atoms with Crippen molar-refractivity contribution in [2.24, 2.45) is 5.92 Å². The molecule has 0 aromatic carbocycles. The number of ether oxygens (including phenoxy) is 1. The molecule has 1 heterocycles. The predicted octanol–water partition coefficient (Wildman–Crippen LogP) is 1.31. The average Bonchev–Trinajstić information content (AvgIpc) is 2.42. The van der Waals surface area contributed by atoms with Gasteiger partial charge in [-0.3, -0.25) is 4.79 Å². The predicted molar refractivity (Wildman–Crippen MR) is 71.1 cm³/mol. The number of rotatable bonds is 7. The fourth-order valence-electron chi connectivity index (χ4n) is 2.22. The third kappa shape index (κ3) is 5.92. The number of carbonyl (C=O) groups excluding carboxylic acids is 1. The first-order chi connectivity index (χ1) is 9.15. The number of methoxy groups -OCH3 is 1. The van der Waals surface area contributed by atoms with Crippen LogP contribution in [0, 0.1) is 5.92 Å². The molecule has 0 aliphatic carbocycles. The Balaban J connectivity index is 2.16. The molecule has 1 fully saturated rings. The molecule has 1 rings (SSSR count). The van der Waals surface area contributed by atoms with E-state index in [9.17, 15) is 9.59 Å². The van der Waals surface area contributed by atoms with E-state index in [0.29, 0.717) is 26.1 Å². The van der Waals surface area contributed by atoms with Gasteiger partial charge in [-0.05, 0) is 32.1 Å². The van der Waals surface area contributed by atoms with E-state index in [0.717, 1.165) is 32.3 Å². The number of hydrogen-bond acceptors (Lipinski definition) is 3. The summed E-state index contributed by atoms with van der Waals surface area (Å²) < 4.78 is 4.95. The number of piperidine rings is 1. The summed E-state index contributed by atoms with van der Waals surface area (Å²) in [4.78, 5) is 24.4. The van der Waals surface area contributed by atoms with Gasteiger partial charge in [-0.2, -0.15) is 0 Å². The SMILES string of the molecule is COCCCCCNC(=O)N1CCC[C@H](C(=O)O)C1. The molecule has 0 unspecified atom stereocenters. The molecule has 0 radical (unpaired) electrons. The molecule has 2 N–H and O–H groups in total. The van der Waals surface area contributed by atoms with Gasteiger partial charge in [0, 0.05) is 33.4 Å². The van der Waals surface area contributed by atoms with E-state index in [2.05, 4.69) is 5.32 Å². The molecule has 1 aliphatic rings. The van der Waals surface area contributed by atoms with E-state index in [4.69, 9.17) is 9.84 Å². The molecule has 1 atom stereocenters. The Hall–Kier alpha value is -1.30. The van der Waals surface area contributed by atoms with Crippen LogP contribution in [0.15, 0.2) is 0 Å². The van der Waals surface area contributed by atoms with Crippen molar-refractivity contribution < 1.29 is 19.4 Å². The molecule has 0 bridgehead atoms. The molecule has 6 heteroatoms. The number of amides is 2. The topological polar surface area (TPSA) is 78.9 Å². The van der Waals surface area contributed by atoms with Crippen LogP contribution in [0.25, 0.3) is 0 Å². The van der Waals surface area contributed by atoms with Gasteiger partial charge in [-0.15, -0.1) is 0 Å². The second-order valence-corrected chi connectivity index (χ2v) is 4.91. The number of hydrogen-bond donors (Lipinski definition) is 2. The molecule has 0 aromatic heterocycles. The molecule has 1 aliphatic heterocycles. The molecular formula is C13H24N2O4. The monoisotopic (exact) mass is 272 g/mol. The van der Waals surface area contributed by atoms with E-state index in [1.165, 1.54) is 0 Å². The molecule has 0 spiro atoms. The zero-order valence-electron chi connectivity index (χ0n) is 11.6. The van der Waals surface area contributed by atoms with Crippen LogP contribution < -0.4 is 5.32 Å². The van der Waals surface area contributed by atoms with Crippen molar-refractivity contribution in [1.29, 1.82) is 0 Å². The van der Waals surface area contributed by atoms with Gasteiger partial charge in [0.15, 0.2) is 0 Å². The van der Waals surface area contributed by atoms with Crippen LogP contribution in [0.4, 0.5) is 4.79 Å². The van der Waals surface area contributed by atoms with Crippen molar-refractivity contribution in [3.8, 4) is 0 Å². The van der Waals surface area contributed by atoms with Gasteiger partial charge in [0.25, 0.3) is 0 Å². The number of carboxylic acid groups (broad SMARTS) is 1. The van der Waals surface area contributed by atoms with E-state index in [1.54, 1.807) is 12.0 Å². The normalized spacial score (nSPS) is 19.2. The quantitative estimate of drug-likeness (QED) is 0.685. The summed E-state index contributed by atoms with van der Waals surface area (Å²) in [5.74, 6) is -1.22. The maximum absolute atomic E-state index is 11.9. The van der Waals surface area contributed by atoms with Crippen LogP contribution in [0.1, 0.15) is 32.1 Å². The van der Waals surface area contributed by atoms with Crippen LogP contribution in [-0.2, 0) is 9.53 Å². The molecular weight excluding hydrogens is 248 g/mol. The number of likely N-dealkylation sites (tertiary alicyclic amines) is 1. The van der Waals surface area contributed by atoms with Gasteiger partial charge in [-0.1, -0.05) is 0 Å². The summed E-state index contributed by atoms with van der Waals surface area (Å²) in [5, 5.41) is 11.8.